The van der Waals surface area contributed by atoms with E-state index in [1.807, 2.05) is 19.2 Å². The molecule has 0 aromatic carbocycles. The first-order chi connectivity index (χ1) is 8.78. The Labute approximate surface area is 111 Å². The van der Waals surface area contributed by atoms with Crippen molar-refractivity contribution < 1.29 is 18.0 Å². The average molecular weight is 278 g/mol. The number of carbonyl (C=O) groups is 1. The highest BCUT2D eigenvalue weighted by Gasteiger charge is 2.31. The topological polar surface area (TPSA) is 32.3 Å². The molecule has 110 valence electrons. The summed E-state index contributed by atoms with van der Waals surface area (Å²) in [5, 5.41) is 1.97. The van der Waals surface area contributed by atoms with Crippen molar-refractivity contribution in [3.8, 4) is 0 Å². The molecule has 1 N–H and O–H groups in total. The van der Waals surface area contributed by atoms with Gasteiger partial charge in [-0.1, -0.05) is 11.6 Å². The molecule has 0 radical (unpaired) electrons. The molecule has 0 aliphatic carbocycles. The minimum Gasteiger partial charge on any atom is -0.347 e. The SMILES string of the molecule is CC(C)=CCN1CCCC(C(=O)NCC(F)(F)F)C1. The predicted molar refractivity (Wildman–Crippen MR) is 67.7 cm³/mol. The number of nitrogens with one attached hydrogen (secondary N) is 1. The number of rotatable bonds is 4. The number of piperidine rings is 1. The van der Waals surface area contributed by atoms with E-state index in [4.69, 9.17) is 0 Å². The monoisotopic (exact) mass is 278 g/mol. The number of nitrogens with zero attached hydrogens (tertiary/aromatic N) is 1. The van der Waals surface area contributed by atoms with Crippen LogP contribution in [0.4, 0.5) is 13.2 Å². The summed E-state index contributed by atoms with van der Waals surface area (Å²) >= 11 is 0. The summed E-state index contributed by atoms with van der Waals surface area (Å²) in [6.07, 6.45) is -0.766. The zero-order chi connectivity index (χ0) is 14.5. The molecular formula is C13H21F3N2O. The van der Waals surface area contributed by atoms with Crippen LogP contribution in [0, 0.1) is 5.92 Å². The Hall–Kier alpha value is -1.04. The van der Waals surface area contributed by atoms with Gasteiger partial charge in [-0.15, -0.1) is 0 Å². The molecule has 0 saturated carbocycles. The molecular weight excluding hydrogens is 257 g/mol. The Bertz CT molecular complexity index is 335. The third kappa shape index (κ3) is 6.61. The summed E-state index contributed by atoms with van der Waals surface area (Å²) in [5.74, 6) is -0.819. The standard InChI is InChI=1S/C13H21F3N2O/c1-10(2)5-7-18-6-3-4-11(8-18)12(19)17-9-13(14,15)16/h5,11H,3-4,6-9H2,1-2H3,(H,17,19). The summed E-state index contributed by atoms with van der Waals surface area (Å²) in [4.78, 5) is 13.8. The van der Waals surface area contributed by atoms with Crippen molar-refractivity contribution in [2.24, 2.45) is 5.92 Å². The highest BCUT2D eigenvalue weighted by molar-refractivity contribution is 5.79. The quantitative estimate of drug-likeness (QED) is 0.801. The lowest BCUT2D eigenvalue weighted by molar-refractivity contribution is -0.141. The molecule has 3 nitrogen and oxygen atoms in total. The highest BCUT2D eigenvalue weighted by atomic mass is 19.4. The van der Waals surface area contributed by atoms with Gasteiger partial charge < -0.3 is 5.32 Å². The number of halogens is 3. The number of carbonyl (C=O) groups excluding carboxylic acids is 1. The van der Waals surface area contributed by atoms with Crippen LogP contribution >= 0.6 is 0 Å². The van der Waals surface area contributed by atoms with Gasteiger partial charge in [0.25, 0.3) is 0 Å². The zero-order valence-electron chi connectivity index (χ0n) is 11.4. The van der Waals surface area contributed by atoms with Gasteiger partial charge in [-0.25, -0.2) is 0 Å². The van der Waals surface area contributed by atoms with Gasteiger partial charge in [0.2, 0.25) is 5.91 Å². The number of likely N-dealkylation sites (tertiary alicyclic amines) is 1. The van der Waals surface area contributed by atoms with Crippen LogP contribution < -0.4 is 5.32 Å². The largest absolute Gasteiger partial charge is 0.405 e. The summed E-state index contributed by atoms with van der Waals surface area (Å²) in [6.45, 7) is 4.94. The molecule has 1 amide bonds. The van der Waals surface area contributed by atoms with E-state index in [2.05, 4.69) is 11.0 Å². The molecule has 0 bridgehead atoms. The van der Waals surface area contributed by atoms with Gasteiger partial charge in [-0.3, -0.25) is 9.69 Å². The van der Waals surface area contributed by atoms with E-state index in [-0.39, 0.29) is 5.92 Å². The molecule has 19 heavy (non-hydrogen) atoms. The van der Waals surface area contributed by atoms with Gasteiger partial charge in [0, 0.05) is 13.1 Å². The smallest absolute Gasteiger partial charge is 0.347 e. The maximum absolute atomic E-state index is 12.0. The van der Waals surface area contributed by atoms with Crippen LogP contribution in [0.5, 0.6) is 0 Å². The minimum absolute atomic E-state index is 0.332. The molecule has 0 spiro atoms. The maximum atomic E-state index is 12.0. The fraction of sp³-hybridized carbons (Fsp3) is 0.769. The van der Waals surface area contributed by atoms with E-state index in [1.165, 1.54) is 5.57 Å². The second-order valence-electron chi connectivity index (χ2n) is 5.21. The number of alkyl halides is 3. The number of hydrogen-bond donors (Lipinski definition) is 1. The zero-order valence-corrected chi connectivity index (χ0v) is 11.4. The lowest BCUT2D eigenvalue weighted by atomic mass is 9.97. The van der Waals surface area contributed by atoms with Crippen LogP contribution in [0.2, 0.25) is 0 Å². The van der Waals surface area contributed by atoms with Crippen molar-refractivity contribution in [2.75, 3.05) is 26.2 Å². The Balaban J connectivity index is 2.41. The van der Waals surface area contributed by atoms with E-state index in [1.54, 1.807) is 0 Å². The molecule has 0 aromatic heterocycles. The van der Waals surface area contributed by atoms with E-state index in [0.717, 1.165) is 19.5 Å². The Morgan fingerprint density at radius 3 is 2.68 bits per heavy atom. The first kappa shape index (κ1) is 16.0. The third-order valence-corrected chi connectivity index (χ3v) is 3.10. The van der Waals surface area contributed by atoms with Crippen LogP contribution in [0.25, 0.3) is 0 Å². The maximum Gasteiger partial charge on any atom is 0.405 e. The van der Waals surface area contributed by atoms with Crippen molar-refractivity contribution in [3.63, 3.8) is 0 Å². The molecule has 1 heterocycles. The summed E-state index contributed by atoms with van der Waals surface area (Å²) in [7, 11) is 0. The van der Waals surface area contributed by atoms with Crippen molar-refractivity contribution in [2.45, 2.75) is 32.9 Å². The van der Waals surface area contributed by atoms with E-state index in [9.17, 15) is 18.0 Å². The second kappa shape index (κ2) is 6.93. The first-order valence-corrected chi connectivity index (χ1v) is 6.48. The van der Waals surface area contributed by atoms with Crippen LogP contribution in [0.3, 0.4) is 0 Å². The molecule has 1 unspecified atom stereocenters. The Morgan fingerprint density at radius 2 is 2.11 bits per heavy atom. The van der Waals surface area contributed by atoms with Gasteiger partial charge in [0.15, 0.2) is 0 Å². The molecule has 1 atom stereocenters. The second-order valence-corrected chi connectivity index (χ2v) is 5.21. The van der Waals surface area contributed by atoms with Crippen LogP contribution in [-0.4, -0.2) is 43.2 Å². The van der Waals surface area contributed by atoms with Crippen LogP contribution in [0.15, 0.2) is 11.6 Å². The van der Waals surface area contributed by atoms with Crippen LogP contribution in [-0.2, 0) is 4.79 Å². The molecule has 1 aliphatic rings. The molecule has 1 saturated heterocycles. The lowest BCUT2D eigenvalue weighted by Gasteiger charge is -2.31. The normalized spacial score (nSPS) is 21.0. The number of hydrogen-bond acceptors (Lipinski definition) is 2. The lowest BCUT2D eigenvalue weighted by Crippen LogP contribution is -2.45. The molecule has 0 aromatic rings. The summed E-state index contributed by atoms with van der Waals surface area (Å²) < 4.78 is 36.1. The Morgan fingerprint density at radius 1 is 1.42 bits per heavy atom. The average Bonchev–Trinajstić information content (AvgIpc) is 2.33. The fourth-order valence-electron chi connectivity index (χ4n) is 2.08. The van der Waals surface area contributed by atoms with Crippen molar-refractivity contribution in [1.29, 1.82) is 0 Å². The molecule has 1 fully saturated rings. The van der Waals surface area contributed by atoms with E-state index in [0.29, 0.717) is 13.0 Å². The highest BCUT2D eigenvalue weighted by Crippen LogP contribution is 2.18. The third-order valence-electron chi connectivity index (χ3n) is 3.10. The number of allylic oxidation sites excluding steroid dienone is 1. The fourth-order valence-corrected chi connectivity index (χ4v) is 2.08. The Kier molecular flexibility index (Phi) is 5.85. The molecule has 6 heteroatoms. The van der Waals surface area contributed by atoms with Gasteiger partial charge in [-0.05, 0) is 33.2 Å². The van der Waals surface area contributed by atoms with Crippen molar-refractivity contribution >= 4 is 5.91 Å². The number of amides is 1. The van der Waals surface area contributed by atoms with Gasteiger partial charge >= 0.3 is 6.18 Å². The van der Waals surface area contributed by atoms with Crippen molar-refractivity contribution in [3.05, 3.63) is 11.6 Å². The van der Waals surface area contributed by atoms with Gasteiger partial charge in [0.1, 0.15) is 6.54 Å². The van der Waals surface area contributed by atoms with E-state index >= 15 is 0 Å². The van der Waals surface area contributed by atoms with Gasteiger partial charge in [-0.2, -0.15) is 13.2 Å². The first-order valence-electron chi connectivity index (χ1n) is 6.48. The minimum atomic E-state index is -4.34. The van der Waals surface area contributed by atoms with Gasteiger partial charge in [0.05, 0.1) is 5.92 Å². The predicted octanol–water partition coefficient (Wildman–Crippen LogP) is 2.34. The van der Waals surface area contributed by atoms with E-state index < -0.39 is 18.6 Å². The summed E-state index contributed by atoms with van der Waals surface area (Å²) in [5.41, 5.74) is 1.20. The summed E-state index contributed by atoms with van der Waals surface area (Å²) in [6, 6.07) is 0. The van der Waals surface area contributed by atoms with Crippen molar-refractivity contribution in [1.82, 2.24) is 10.2 Å². The molecule has 1 rings (SSSR count). The van der Waals surface area contributed by atoms with Crippen LogP contribution in [0.1, 0.15) is 26.7 Å². The molecule has 1 aliphatic heterocycles.